The number of amidine groups is 1. The van der Waals surface area contributed by atoms with Crippen LogP contribution in [0.15, 0.2) is 151 Å². The van der Waals surface area contributed by atoms with E-state index >= 15 is 0 Å². The van der Waals surface area contributed by atoms with Gasteiger partial charge in [-0.3, -0.25) is 5.41 Å². The molecule has 0 saturated carbocycles. The van der Waals surface area contributed by atoms with Gasteiger partial charge in [-0.05, 0) is 97.2 Å². The minimum absolute atomic E-state index is 0.195. The van der Waals surface area contributed by atoms with Gasteiger partial charge in [-0.15, -0.1) is 0 Å². The predicted octanol–water partition coefficient (Wildman–Crippen LogP) is 10.3. The van der Waals surface area contributed by atoms with E-state index < -0.39 is 0 Å². The van der Waals surface area contributed by atoms with Crippen LogP contribution in [0.25, 0.3) is 55.3 Å². The number of pyridine rings is 1. The molecule has 0 aliphatic heterocycles. The van der Waals surface area contributed by atoms with Crippen molar-refractivity contribution in [2.24, 2.45) is 4.99 Å². The lowest BCUT2D eigenvalue weighted by Crippen LogP contribution is -2.15. The fourth-order valence-corrected chi connectivity index (χ4v) is 7.17. The highest BCUT2D eigenvalue weighted by Gasteiger charge is 2.35. The third-order valence-electron chi connectivity index (χ3n) is 9.63. The molecule has 0 atom stereocenters. The highest BCUT2D eigenvalue weighted by molar-refractivity contribution is 6.06. The van der Waals surface area contributed by atoms with Crippen molar-refractivity contribution in [2.45, 2.75) is 19.3 Å². The molecule has 1 aromatic heterocycles. The summed E-state index contributed by atoms with van der Waals surface area (Å²) in [4.78, 5) is 7.97. The van der Waals surface area contributed by atoms with Gasteiger partial charge in [0.05, 0.1) is 11.6 Å². The zero-order chi connectivity index (χ0) is 32.8. The number of H-pyrrole nitrogens is 1. The first kappa shape index (κ1) is 29.1. The maximum absolute atomic E-state index is 9.54. The number of aromatic nitrogens is 1. The van der Waals surface area contributed by atoms with Crippen LogP contribution in [-0.2, 0) is 5.41 Å². The van der Waals surface area contributed by atoms with Crippen molar-refractivity contribution < 1.29 is 0 Å². The SMILES string of the molecule is CC1(C)c2cc(C#N)ccc2-c2ccc(-c3cccc4c(-c5cccc(C(=N)/N=c6\[nH]cccc6-c6ccccc6)c5)cccc34)cc21. The van der Waals surface area contributed by atoms with Crippen LogP contribution in [0.5, 0.6) is 0 Å². The van der Waals surface area contributed by atoms with Gasteiger partial charge in [-0.2, -0.15) is 5.26 Å². The first-order valence-corrected chi connectivity index (χ1v) is 16.1. The van der Waals surface area contributed by atoms with Crippen molar-refractivity contribution >= 4 is 16.6 Å². The highest BCUT2D eigenvalue weighted by Crippen LogP contribution is 2.50. The molecule has 228 valence electrons. The largest absolute Gasteiger partial charge is 0.346 e. The zero-order valence-electron chi connectivity index (χ0n) is 26.8. The van der Waals surface area contributed by atoms with Crippen LogP contribution in [0.2, 0.25) is 0 Å². The topological polar surface area (TPSA) is 75.8 Å². The Morgan fingerprint density at radius 2 is 1.23 bits per heavy atom. The number of rotatable bonds is 4. The third kappa shape index (κ3) is 4.85. The van der Waals surface area contributed by atoms with Crippen molar-refractivity contribution in [1.82, 2.24) is 4.98 Å². The summed E-state index contributed by atoms with van der Waals surface area (Å²) >= 11 is 0. The Hall–Kier alpha value is -6.31. The standard InChI is InChI=1S/C44H32N4/c1-44(2)40-24-28(27-45)19-21-38(40)39-22-20-31(26-41(39)44)34-15-8-16-36-33(14-7-17-37(34)36)30-12-6-13-32(25-30)42(46)48-43-35(18-9-23-47-43)29-10-4-3-5-11-29/h3-26H,1-2H3,(H2,46,47,48). The van der Waals surface area contributed by atoms with E-state index in [4.69, 9.17) is 10.4 Å². The van der Waals surface area contributed by atoms with Gasteiger partial charge >= 0.3 is 0 Å². The lowest BCUT2D eigenvalue weighted by atomic mass is 9.81. The van der Waals surface area contributed by atoms with Gasteiger partial charge in [0.2, 0.25) is 0 Å². The van der Waals surface area contributed by atoms with E-state index in [-0.39, 0.29) is 11.3 Å². The van der Waals surface area contributed by atoms with Crippen LogP contribution in [0.4, 0.5) is 0 Å². The molecule has 1 aliphatic carbocycles. The average molecular weight is 617 g/mol. The van der Waals surface area contributed by atoms with Crippen LogP contribution >= 0.6 is 0 Å². The molecule has 48 heavy (non-hydrogen) atoms. The quantitative estimate of drug-likeness (QED) is 0.150. The van der Waals surface area contributed by atoms with Crippen molar-refractivity contribution in [2.75, 3.05) is 0 Å². The van der Waals surface area contributed by atoms with Crippen molar-refractivity contribution in [3.8, 4) is 50.6 Å². The van der Waals surface area contributed by atoms with Crippen molar-refractivity contribution in [1.29, 1.82) is 10.7 Å². The second-order valence-electron chi connectivity index (χ2n) is 12.8. The molecule has 0 radical (unpaired) electrons. The monoisotopic (exact) mass is 616 g/mol. The van der Waals surface area contributed by atoms with Gasteiger partial charge in [0.25, 0.3) is 0 Å². The number of nitrogens with one attached hydrogen (secondary N) is 2. The minimum Gasteiger partial charge on any atom is -0.346 e. The molecule has 0 unspecified atom stereocenters. The van der Waals surface area contributed by atoms with Crippen molar-refractivity contribution in [3.63, 3.8) is 0 Å². The predicted molar refractivity (Wildman–Crippen MR) is 196 cm³/mol. The molecule has 0 saturated heterocycles. The summed E-state index contributed by atoms with van der Waals surface area (Å²) in [6, 6.07) is 50.3. The van der Waals surface area contributed by atoms with E-state index in [0.29, 0.717) is 11.1 Å². The maximum atomic E-state index is 9.54. The summed E-state index contributed by atoms with van der Waals surface area (Å²) in [6.45, 7) is 4.50. The molecule has 7 aromatic rings. The third-order valence-corrected chi connectivity index (χ3v) is 9.63. The molecule has 4 nitrogen and oxygen atoms in total. The first-order valence-electron chi connectivity index (χ1n) is 16.1. The Balaban J connectivity index is 1.18. The Labute approximate surface area is 279 Å². The molecule has 1 heterocycles. The van der Waals surface area contributed by atoms with Crippen LogP contribution in [-0.4, -0.2) is 10.8 Å². The molecule has 2 N–H and O–H groups in total. The second-order valence-corrected chi connectivity index (χ2v) is 12.8. The molecule has 8 rings (SSSR count). The van der Waals surface area contributed by atoms with E-state index in [0.717, 1.165) is 33.2 Å². The van der Waals surface area contributed by atoms with Gasteiger partial charge in [0, 0.05) is 22.7 Å². The summed E-state index contributed by atoms with van der Waals surface area (Å²) < 4.78 is 0. The molecule has 0 spiro atoms. The van der Waals surface area contributed by atoms with Crippen LogP contribution in [0.1, 0.15) is 36.1 Å². The number of aromatic amines is 1. The van der Waals surface area contributed by atoms with Crippen LogP contribution in [0, 0.1) is 16.7 Å². The Morgan fingerprint density at radius 1 is 0.604 bits per heavy atom. The second kappa shape index (κ2) is 11.5. The number of fused-ring (bicyclic) bond motifs is 4. The maximum Gasteiger partial charge on any atom is 0.154 e. The van der Waals surface area contributed by atoms with Gasteiger partial charge in [-0.1, -0.05) is 117 Å². The average Bonchev–Trinajstić information content (AvgIpc) is 3.36. The molecule has 0 amide bonds. The molecule has 0 fully saturated rings. The zero-order valence-corrected chi connectivity index (χ0v) is 26.8. The first-order chi connectivity index (χ1) is 23.4. The molecule has 0 bridgehead atoms. The Bertz CT molecular complexity index is 2510. The number of hydrogen-bond donors (Lipinski definition) is 2. The summed E-state index contributed by atoms with van der Waals surface area (Å²) in [5.41, 5.74) is 13.3. The van der Waals surface area contributed by atoms with Gasteiger partial charge in [-0.25, -0.2) is 4.99 Å². The molecular weight excluding hydrogens is 585 g/mol. The Kier molecular flexibility index (Phi) is 6.97. The number of nitriles is 1. The molecule has 1 aliphatic rings. The minimum atomic E-state index is -0.210. The van der Waals surface area contributed by atoms with Crippen molar-refractivity contribution in [3.05, 3.63) is 173 Å². The van der Waals surface area contributed by atoms with Gasteiger partial charge < -0.3 is 4.98 Å². The summed E-state index contributed by atoms with van der Waals surface area (Å²) in [7, 11) is 0. The summed E-state index contributed by atoms with van der Waals surface area (Å²) in [6.07, 6.45) is 1.84. The fraction of sp³-hybridized carbons (Fsp3) is 0.0682. The van der Waals surface area contributed by atoms with Crippen LogP contribution in [0.3, 0.4) is 0 Å². The normalized spacial score (nSPS) is 13.1. The van der Waals surface area contributed by atoms with Crippen LogP contribution < -0.4 is 5.49 Å². The van der Waals surface area contributed by atoms with E-state index in [9.17, 15) is 5.26 Å². The molecule has 6 aromatic carbocycles. The number of hydrogen-bond acceptors (Lipinski definition) is 2. The van der Waals surface area contributed by atoms with Gasteiger partial charge in [0.15, 0.2) is 5.84 Å². The lowest BCUT2D eigenvalue weighted by molar-refractivity contribution is 0.660. The van der Waals surface area contributed by atoms with E-state index in [1.54, 1.807) is 0 Å². The lowest BCUT2D eigenvalue weighted by Gasteiger charge is -2.22. The molecular formula is C44H32N4. The smallest absolute Gasteiger partial charge is 0.154 e. The summed E-state index contributed by atoms with van der Waals surface area (Å²) in [5, 5.41) is 20.8. The van der Waals surface area contributed by atoms with E-state index in [1.807, 2.05) is 60.8 Å². The number of benzene rings is 6. The van der Waals surface area contributed by atoms with E-state index in [1.165, 1.54) is 38.8 Å². The highest BCUT2D eigenvalue weighted by atomic mass is 14.9. The van der Waals surface area contributed by atoms with E-state index in [2.05, 4.69) is 110 Å². The Morgan fingerprint density at radius 3 is 1.96 bits per heavy atom. The molecule has 4 heteroatoms. The number of nitrogens with zero attached hydrogens (tertiary/aromatic N) is 2. The summed E-state index contributed by atoms with van der Waals surface area (Å²) in [5.74, 6) is 0.195. The van der Waals surface area contributed by atoms with Gasteiger partial charge in [0.1, 0.15) is 5.49 Å². The fourth-order valence-electron chi connectivity index (χ4n) is 7.17.